The van der Waals surface area contributed by atoms with E-state index in [0.717, 1.165) is 0 Å². The molecule has 1 saturated heterocycles. The molecule has 1 atom stereocenters. The third-order valence-corrected chi connectivity index (χ3v) is 3.53. The van der Waals surface area contributed by atoms with Crippen LogP contribution in [0.15, 0.2) is 12.1 Å². The number of carbonyl (C=O) groups excluding carboxylic acids is 2. The van der Waals surface area contributed by atoms with Gasteiger partial charge in [0.1, 0.15) is 5.60 Å². The highest BCUT2D eigenvalue weighted by atomic mass is 19.1. The number of ether oxygens (including phenoxy) is 1. The SMILES string of the molecule is CC(C)(C)OC(=O)N1CCNCC1c1ccc(C=O)c(O)c1F. The number of phenols is 1. The van der Waals surface area contributed by atoms with Gasteiger partial charge in [0.25, 0.3) is 0 Å². The lowest BCUT2D eigenvalue weighted by atomic mass is 10.0. The van der Waals surface area contributed by atoms with E-state index in [1.807, 2.05) is 0 Å². The molecular formula is C16H21FN2O4. The highest BCUT2D eigenvalue weighted by molar-refractivity contribution is 5.79. The van der Waals surface area contributed by atoms with Crippen molar-refractivity contribution in [2.75, 3.05) is 19.6 Å². The molecule has 0 spiro atoms. The molecule has 126 valence electrons. The summed E-state index contributed by atoms with van der Waals surface area (Å²) in [6, 6.07) is 2.13. The number of hydrogen-bond donors (Lipinski definition) is 2. The number of phenolic OH excluding ortho intramolecular Hbond substituents is 1. The molecule has 1 aromatic carbocycles. The minimum atomic E-state index is -0.892. The average molecular weight is 324 g/mol. The van der Waals surface area contributed by atoms with Crippen LogP contribution in [0.3, 0.4) is 0 Å². The largest absolute Gasteiger partial charge is 0.504 e. The first-order valence-electron chi connectivity index (χ1n) is 7.41. The van der Waals surface area contributed by atoms with Gasteiger partial charge in [-0.2, -0.15) is 0 Å². The Morgan fingerprint density at radius 1 is 1.48 bits per heavy atom. The van der Waals surface area contributed by atoms with E-state index in [0.29, 0.717) is 25.9 Å². The Labute approximate surface area is 134 Å². The van der Waals surface area contributed by atoms with Crippen molar-refractivity contribution in [2.24, 2.45) is 0 Å². The number of carbonyl (C=O) groups is 2. The highest BCUT2D eigenvalue weighted by Gasteiger charge is 2.33. The van der Waals surface area contributed by atoms with Gasteiger partial charge in [-0.05, 0) is 26.8 Å². The lowest BCUT2D eigenvalue weighted by Gasteiger charge is -2.37. The van der Waals surface area contributed by atoms with Gasteiger partial charge in [-0.25, -0.2) is 9.18 Å². The van der Waals surface area contributed by atoms with Gasteiger partial charge in [-0.1, -0.05) is 6.07 Å². The first-order chi connectivity index (χ1) is 10.7. The number of rotatable bonds is 2. The van der Waals surface area contributed by atoms with E-state index >= 15 is 0 Å². The zero-order valence-corrected chi connectivity index (χ0v) is 13.4. The Bertz CT molecular complexity index is 613. The van der Waals surface area contributed by atoms with Gasteiger partial charge in [0.05, 0.1) is 11.6 Å². The van der Waals surface area contributed by atoms with Crippen LogP contribution in [0.1, 0.15) is 42.7 Å². The lowest BCUT2D eigenvalue weighted by Crippen LogP contribution is -2.50. The van der Waals surface area contributed by atoms with Crippen LogP contribution in [0.2, 0.25) is 0 Å². The van der Waals surface area contributed by atoms with Crippen LogP contribution in [0, 0.1) is 5.82 Å². The molecule has 1 unspecified atom stereocenters. The summed E-state index contributed by atoms with van der Waals surface area (Å²) < 4.78 is 19.8. The second-order valence-electron chi connectivity index (χ2n) is 6.42. The summed E-state index contributed by atoms with van der Waals surface area (Å²) >= 11 is 0. The van der Waals surface area contributed by atoms with Crippen molar-refractivity contribution in [3.63, 3.8) is 0 Å². The van der Waals surface area contributed by atoms with Gasteiger partial charge in [-0.15, -0.1) is 0 Å². The van der Waals surface area contributed by atoms with Crippen LogP contribution < -0.4 is 5.32 Å². The van der Waals surface area contributed by atoms with Crippen molar-refractivity contribution in [1.29, 1.82) is 0 Å². The predicted octanol–water partition coefficient (Wildman–Crippen LogP) is 2.23. The van der Waals surface area contributed by atoms with E-state index in [2.05, 4.69) is 5.32 Å². The van der Waals surface area contributed by atoms with Gasteiger partial charge in [0.15, 0.2) is 17.9 Å². The van der Waals surface area contributed by atoms with Gasteiger partial charge in [-0.3, -0.25) is 9.69 Å². The third kappa shape index (κ3) is 3.79. The molecule has 1 fully saturated rings. The Hall–Kier alpha value is -2.15. The number of nitrogens with one attached hydrogen (secondary N) is 1. The summed E-state index contributed by atoms with van der Waals surface area (Å²) in [5.74, 6) is -1.59. The van der Waals surface area contributed by atoms with E-state index < -0.39 is 29.3 Å². The van der Waals surface area contributed by atoms with Crippen LogP contribution >= 0.6 is 0 Å². The summed E-state index contributed by atoms with van der Waals surface area (Å²) in [4.78, 5) is 24.6. The van der Waals surface area contributed by atoms with Crippen LogP contribution in [0.4, 0.5) is 9.18 Å². The predicted molar refractivity (Wildman–Crippen MR) is 82.0 cm³/mol. The number of amides is 1. The molecule has 0 aromatic heterocycles. The number of piperazine rings is 1. The summed E-state index contributed by atoms with van der Waals surface area (Å²) in [6.45, 7) is 6.52. The number of hydrogen-bond acceptors (Lipinski definition) is 5. The van der Waals surface area contributed by atoms with Gasteiger partial charge < -0.3 is 15.2 Å². The number of halogens is 1. The standard InChI is InChI=1S/C16H21FN2O4/c1-16(2,3)23-15(22)19-7-6-18-8-12(19)11-5-4-10(9-20)14(21)13(11)17/h4-5,9,12,18,21H,6-8H2,1-3H3. The summed E-state index contributed by atoms with van der Waals surface area (Å²) in [5, 5.41) is 12.8. The fourth-order valence-corrected chi connectivity index (χ4v) is 2.47. The van der Waals surface area contributed by atoms with Crippen LogP contribution in [0.25, 0.3) is 0 Å². The van der Waals surface area contributed by atoms with Gasteiger partial charge in [0.2, 0.25) is 0 Å². The summed E-state index contributed by atoms with van der Waals surface area (Å²) in [5.41, 5.74) is -0.640. The molecule has 0 aliphatic carbocycles. The maximum atomic E-state index is 14.4. The number of aromatic hydroxyl groups is 1. The molecule has 1 aliphatic heterocycles. The maximum Gasteiger partial charge on any atom is 0.410 e. The van der Waals surface area contributed by atoms with Crippen LogP contribution in [-0.2, 0) is 4.74 Å². The van der Waals surface area contributed by atoms with Crippen molar-refractivity contribution < 1.29 is 23.8 Å². The smallest absolute Gasteiger partial charge is 0.410 e. The third-order valence-electron chi connectivity index (χ3n) is 3.53. The lowest BCUT2D eigenvalue weighted by molar-refractivity contribution is 0.0114. The maximum absolute atomic E-state index is 14.4. The fraction of sp³-hybridized carbons (Fsp3) is 0.500. The van der Waals surface area contributed by atoms with E-state index in [9.17, 15) is 19.1 Å². The Morgan fingerprint density at radius 2 is 2.17 bits per heavy atom. The van der Waals surface area contributed by atoms with E-state index in [1.54, 1.807) is 20.8 Å². The second kappa shape index (κ2) is 6.54. The number of aldehydes is 1. The topological polar surface area (TPSA) is 78.9 Å². The molecule has 0 radical (unpaired) electrons. The molecule has 2 N–H and O–H groups in total. The Kier molecular flexibility index (Phi) is 4.89. The monoisotopic (exact) mass is 324 g/mol. The molecule has 0 bridgehead atoms. The normalized spacial score (nSPS) is 18.6. The van der Waals surface area contributed by atoms with Crippen molar-refractivity contribution in [2.45, 2.75) is 32.4 Å². The summed E-state index contributed by atoms with van der Waals surface area (Å²) in [7, 11) is 0. The molecule has 1 aromatic rings. The van der Waals surface area contributed by atoms with Crippen molar-refractivity contribution >= 4 is 12.4 Å². The number of nitrogens with zero attached hydrogens (tertiary/aromatic N) is 1. The zero-order valence-electron chi connectivity index (χ0n) is 13.4. The van der Waals surface area contributed by atoms with Gasteiger partial charge >= 0.3 is 6.09 Å². The quantitative estimate of drug-likeness (QED) is 0.816. The van der Waals surface area contributed by atoms with E-state index in [1.165, 1.54) is 17.0 Å². The summed E-state index contributed by atoms with van der Waals surface area (Å²) in [6.07, 6.45) is -0.158. The van der Waals surface area contributed by atoms with Crippen molar-refractivity contribution in [1.82, 2.24) is 10.2 Å². The molecule has 1 amide bonds. The van der Waals surface area contributed by atoms with Crippen molar-refractivity contribution in [3.05, 3.63) is 29.1 Å². The molecule has 0 saturated carbocycles. The highest BCUT2D eigenvalue weighted by Crippen LogP contribution is 2.31. The first-order valence-corrected chi connectivity index (χ1v) is 7.41. The second-order valence-corrected chi connectivity index (χ2v) is 6.42. The minimum Gasteiger partial charge on any atom is -0.504 e. The number of benzene rings is 1. The Balaban J connectivity index is 2.34. The van der Waals surface area contributed by atoms with E-state index in [-0.39, 0.29) is 11.1 Å². The fourth-order valence-electron chi connectivity index (χ4n) is 2.47. The van der Waals surface area contributed by atoms with Crippen molar-refractivity contribution in [3.8, 4) is 5.75 Å². The molecule has 23 heavy (non-hydrogen) atoms. The van der Waals surface area contributed by atoms with Crippen LogP contribution in [0.5, 0.6) is 5.75 Å². The first kappa shape index (κ1) is 17.2. The molecule has 7 heteroatoms. The Morgan fingerprint density at radius 3 is 2.78 bits per heavy atom. The molecule has 1 aliphatic rings. The molecular weight excluding hydrogens is 303 g/mol. The zero-order chi connectivity index (χ0) is 17.2. The van der Waals surface area contributed by atoms with E-state index in [4.69, 9.17) is 4.74 Å². The minimum absolute atomic E-state index is 0.126. The molecule has 6 nitrogen and oxygen atoms in total. The van der Waals surface area contributed by atoms with Gasteiger partial charge in [0, 0.05) is 25.2 Å². The van der Waals surface area contributed by atoms with Crippen LogP contribution in [-0.4, -0.2) is 47.6 Å². The average Bonchev–Trinajstić information content (AvgIpc) is 2.48. The molecule has 2 rings (SSSR count). The molecule has 1 heterocycles.